The fourth-order valence-corrected chi connectivity index (χ4v) is 2.27. The molecule has 1 aromatic carbocycles. The quantitative estimate of drug-likeness (QED) is 0.732. The van der Waals surface area contributed by atoms with E-state index in [1.807, 2.05) is 12.1 Å². The van der Waals surface area contributed by atoms with Crippen molar-refractivity contribution >= 4 is 5.69 Å². The molecule has 0 amide bonds. The molecule has 1 fully saturated rings. The number of hydrogen-bond acceptors (Lipinski definition) is 3. The molecule has 4 N–H and O–H groups in total. The summed E-state index contributed by atoms with van der Waals surface area (Å²) in [5.74, 6) is 1.04. The molecule has 3 heteroatoms. The zero-order chi connectivity index (χ0) is 11.4. The molecule has 0 spiro atoms. The lowest BCUT2D eigenvalue weighted by atomic mass is 9.86. The van der Waals surface area contributed by atoms with Crippen molar-refractivity contribution in [2.75, 3.05) is 11.9 Å². The van der Waals surface area contributed by atoms with Crippen LogP contribution in [0.15, 0.2) is 24.3 Å². The Labute approximate surface area is 96.7 Å². The summed E-state index contributed by atoms with van der Waals surface area (Å²) in [7, 11) is 0. The Morgan fingerprint density at radius 1 is 1.25 bits per heavy atom. The Balaban J connectivity index is 1.79. The second kappa shape index (κ2) is 5.21. The molecule has 1 aromatic rings. The number of phenols is 1. The summed E-state index contributed by atoms with van der Waals surface area (Å²) in [6, 6.07) is 7.69. The van der Waals surface area contributed by atoms with Crippen molar-refractivity contribution in [2.45, 2.75) is 31.7 Å². The Bertz CT molecular complexity index is 332. The molecule has 0 aliphatic heterocycles. The predicted molar refractivity (Wildman–Crippen MR) is 66.5 cm³/mol. The molecular formula is C13H20N2O. The lowest BCUT2D eigenvalue weighted by Crippen LogP contribution is -2.29. The lowest BCUT2D eigenvalue weighted by Gasteiger charge is -2.26. The van der Waals surface area contributed by atoms with Gasteiger partial charge in [-0.2, -0.15) is 0 Å². The van der Waals surface area contributed by atoms with E-state index in [4.69, 9.17) is 5.73 Å². The average molecular weight is 220 g/mol. The SMILES string of the molecule is N[C@H]1CC[C@H](CNc2cccc(O)c2)CC1. The summed E-state index contributed by atoms with van der Waals surface area (Å²) in [5.41, 5.74) is 6.87. The van der Waals surface area contributed by atoms with E-state index < -0.39 is 0 Å². The van der Waals surface area contributed by atoms with Crippen LogP contribution in [0.3, 0.4) is 0 Å². The molecule has 16 heavy (non-hydrogen) atoms. The van der Waals surface area contributed by atoms with Gasteiger partial charge < -0.3 is 16.2 Å². The van der Waals surface area contributed by atoms with Crippen molar-refractivity contribution in [3.63, 3.8) is 0 Å². The molecule has 88 valence electrons. The molecule has 0 atom stereocenters. The number of nitrogens with two attached hydrogens (primary N) is 1. The third-order valence-electron chi connectivity index (χ3n) is 3.33. The highest BCUT2D eigenvalue weighted by atomic mass is 16.3. The van der Waals surface area contributed by atoms with Crippen LogP contribution in [-0.4, -0.2) is 17.7 Å². The third kappa shape index (κ3) is 3.14. The van der Waals surface area contributed by atoms with Crippen LogP contribution in [0.1, 0.15) is 25.7 Å². The molecule has 0 aromatic heterocycles. The van der Waals surface area contributed by atoms with Crippen LogP contribution in [0.5, 0.6) is 5.75 Å². The zero-order valence-corrected chi connectivity index (χ0v) is 9.52. The van der Waals surface area contributed by atoms with E-state index >= 15 is 0 Å². The average Bonchev–Trinajstić information content (AvgIpc) is 2.28. The highest BCUT2D eigenvalue weighted by Gasteiger charge is 2.17. The standard InChI is InChI=1S/C13H20N2O/c14-11-6-4-10(5-7-11)9-15-12-2-1-3-13(16)8-12/h1-3,8,10-11,15-16H,4-7,9,14H2/t10-,11-. The molecule has 2 rings (SSSR count). The summed E-state index contributed by atoms with van der Waals surface area (Å²) < 4.78 is 0. The van der Waals surface area contributed by atoms with Crippen molar-refractivity contribution in [1.82, 2.24) is 0 Å². The van der Waals surface area contributed by atoms with Crippen LogP contribution in [0, 0.1) is 5.92 Å². The first-order valence-corrected chi connectivity index (χ1v) is 6.02. The number of anilines is 1. The molecule has 1 aliphatic rings. The summed E-state index contributed by atoms with van der Waals surface area (Å²) in [5, 5.41) is 12.7. The van der Waals surface area contributed by atoms with Crippen molar-refractivity contribution < 1.29 is 5.11 Å². The van der Waals surface area contributed by atoms with Gasteiger partial charge in [-0.3, -0.25) is 0 Å². The molecule has 0 saturated heterocycles. The van der Waals surface area contributed by atoms with Gasteiger partial charge in [-0.25, -0.2) is 0 Å². The van der Waals surface area contributed by atoms with Crippen molar-refractivity contribution in [1.29, 1.82) is 0 Å². The van der Waals surface area contributed by atoms with Crippen LogP contribution in [0.4, 0.5) is 5.69 Å². The van der Waals surface area contributed by atoms with Gasteiger partial charge in [0.15, 0.2) is 0 Å². The van der Waals surface area contributed by atoms with Gasteiger partial charge in [-0.15, -0.1) is 0 Å². The monoisotopic (exact) mass is 220 g/mol. The molecule has 0 bridgehead atoms. The number of rotatable bonds is 3. The topological polar surface area (TPSA) is 58.3 Å². The van der Waals surface area contributed by atoms with Crippen molar-refractivity contribution in [3.8, 4) is 5.75 Å². The fourth-order valence-electron chi connectivity index (χ4n) is 2.27. The van der Waals surface area contributed by atoms with E-state index in [9.17, 15) is 5.11 Å². The summed E-state index contributed by atoms with van der Waals surface area (Å²) in [4.78, 5) is 0. The van der Waals surface area contributed by atoms with Crippen LogP contribution in [-0.2, 0) is 0 Å². The molecular weight excluding hydrogens is 200 g/mol. The summed E-state index contributed by atoms with van der Waals surface area (Å²) in [6.45, 7) is 0.982. The lowest BCUT2D eigenvalue weighted by molar-refractivity contribution is 0.339. The minimum Gasteiger partial charge on any atom is -0.508 e. The van der Waals surface area contributed by atoms with Crippen LogP contribution >= 0.6 is 0 Å². The summed E-state index contributed by atoms with van der Waals surface area (Å²) in [6.07, 6.45) is 4.72. The normalized spacial score (nSPS) is 25.3. The largest absolute Gasteiger partial charge is 0.508 e. The van der Waals surface area contributed by atoms with Crippen LogP contribution < -0.4 is 11.1 Å². The molecule has 1 aliphatic carbocycles. The van der Waals surface area contributed by atoms with E-state index in [1.54, 1.807) is 12.1 Å². The Kier molecular flexibility index (Phi) is 3.67. The molecule has 0 unspecified atom stereocenters. The Hall–Kier alpha value is -1.22. The third-order valence-corrected chi connectivity index (χ3v) is 3.33. The predicted octanol–water partition coefficient (Wildman–Crippen LogP) is 2.32. The summed E-state index contributed by atoms with van der Waals surface area (Å²) >= 11 is 0. The maximum atomic E-state index is 9.33. The highest BCUT2D eigenvalue weighted by Crippen LogP contribution is 2.24. The Morgan fingerprint density at radius 3 is 2.69 bits per heavy atom. The number of hydrogen-bond donors (Lipinski definition) is 3. The molecule has 1 saturated carbocycles. The first-order valence-electron chi connectivity index (χ1n) is 6.02. The van der Waals surface area contributed by atoms with E-state index in [2.05, 4.69) is 5.32 Å². The number of phenolic OH excluding ortho intramolecular Hbond substituents is 1. The first-order chi connectivity index (χ1) is 7.74. The Morgan fingerprint density at radius 2 is 2.00 bits per heavy atom. The van der Waals surface area contributed by atoms with Gasteiger partial charge in [0.2, 0.25) is 0 Å². The van der Waals surface area contributed by atoms with Crippen molar-refractivity contribution in [3.05, 3.63) is 24.3 Å². The molecule has 0 radical (unpaired) electrons. The van der Waals surface area contributed by atoms with Gasteiger partial charge in [-0.05, 0) is 43.7 Å². The second-order valence-corrected chi connectivity index (χ2v) is 4.71. The van der Waals surface area contributed by atoms with E-state index in [1.165, 1.54) is 12.8 Å². The van der Waals surface area contributed by atoms with E-state index in [0.29, 0.717) is 11.8 Å². The van der Waals surface area contributed by atoms with Gasteiger partial charge in [0, 0.05) is 24.3 Å². The van der Waals surface area contributed by atoms with E-state index in [0.717, 1.165) is 31.0 Å². The smallest absolute Gasteiger partial charge is 0.117 e. The number of nitrogens with one attached hydrogen (secondary N) is 1. The van der Waals surface area contributed by atoms with Gasteiger partial charge in [-0.1, -0.05) is 6.07 Å². The van der Waals surface area contributed by atoms with Gasteiger partial charge in [0.25, 0.3) is 0 Å². The van der Waals surface area contributed by atoms with Gasteiger partial charge in [0.05, 0.1) is 0 Å². The number of benzene rings is 1. The van der Waals surface area contributed by atoms with Gasteiger partial charge >= 0.3 is 0 Å². The van der Waals surface area contributed by atoms with Gasteiger partial charge in [0.1, 0.15) is 5.75 Å². The fraction of sp³-hybridized carbons (Fsp3) is 0.538. The van der Waals surface area contributed by atoms with E-state index in [-0.39, 0.29) is 0 Å². The van der Waals surface area contributed by atoms with Crippen molar-refractivity contribution in [2.24, 2.45) is 11.7 Å². The molecule has 0 heterocycles. The zero-order valence-electron chi connectivity index (χ0n) is 9.52. The van der Waals surface area contributed by atoms with Crippen LogP contribution in [0.2, 0.25) is 0 Å². The minimum atomic E-state index is 0.315. The van der Waals surface area contributed by atoms with Crippen LogP contribution in [0.25, 0.3) is 0 Å². The first kappa shape index (κ1) is 11.3. The number of aromatic hydroxyl groups is 1. The maximum absolute atomic E-state index is 9.33. The second-order valence-electron chi connectivity index (χ2n) is 4.71. The maximum Gasteiger partial charge on any atom is 0.117 e. The highest BCUT2D eigenvalue weighted by molar-refractivity contribution is 5.47. The molecule has 3 nitrogen and oxygen atoms in total. The minimum absolute atomic E-state index is 0.315.